The second kappa shape index (κ2) is 6.80. The first-order valence-electron chi connectivity index (χ1n) is 6.33. The Labute approximate surface area is 113 Å². The predicted octanol–water partition coefficient (Wildman–Crippen LogP) is 2.99. The summed E-state index contributed by atoms with van der Waals surface area (Å²) >= 11 is 0. The van der Waals surface area contributed by atoms with Gasteiger partial charge in [-0.1, -0.05) is 13.3 Å². The molecule has 0 saturated carbocycles. The maximum atomic E-state index is 12.8. The highest BCUT2D eigenvalue weighted by Crippen LogP contribution is 2.19. The van der Waals surface area contributed by atoms with Crippen LogP contribution < -0.4 is 0 Å². The van der Waals surface area contributed by atoms with Crippen LogP contribution in [0.2, 0.25) is 0 Å². The molecule has 19 heavy (non-hydrogen) atoms. The molecule has 0 amide bonds. The number of hydrogen-bond acceptors (Lipinski definition) is 3. The Morgan fingerprint density at radius 3 is 2.32 bits per heavy atom. The van der Waals surface area contributed by atoms with E-state index in [9.17, 15) is 17.6 Å². The second-order valence-corrected chi connectivity index (χ2v) is 6.85. The van der Waals surface area contributed by atoms with E-state index in [1.807, 2.05) is 6.92 Å². The Morgan fingerprint density at radius 1 is 1.26 bits per heavy atom. The van der Waals surface area contributed by atoms with Gasteiger partial charge in [-0.3, -0.25) is 0 Å². The smallest absolute Gasteiger partial charge is 0.178 e. The monoisotopic (exact) mass is 286 g/mol. The Balaban J connectivity index is 2.69. The Morgan fingerprint density at radius 2 is 1.84 bits per heavy atom. The summed E-state index contributed by atoms with van der Waals surface area (Å²) < 4.78 is 36.8. The highest BCUT2D eigenvalue weighted by molar-refractivity contribution is 7.91. The van der Waals surface area contributed by atoms with Gasteiger partial charge in [0, 0.05) is 6.42 Å². The molecular weight excluding hydrogens is 267 g/mol. The van der Waals surface area contributed by atoms with Crippen LogP contribution in [0.3, 0.4) is 0 Å². The molecule has 0 aliphatic rings. The summed E-state index contributed by atoms with van der Waals surface area (Å²) in [6.45, 7) is 3.45. The van der Waals surface area contributed by atoms with Crippen LogP contribution >= 0.6 is 0 Å². The van der Waals surface area contributed by atoms with Crippen molar-refractivity contribution in [1.29, 1.82) is 0 Å². The molecule has 1 aromatic rings. The van der Waals surface area contributed by atoms with Gasteiger partial charge in [0.05, 0.1) is 10.6 Å². The molecule has 3 nitrogen and oxygen atoms in total. The van der Waals surface area contributed by atoms with E-state index in [2.05, 4.69) is 0 Å². The number of benzene rings is 1. The molecule has 0 bridgehead atoms. The summed E-state index contributed by atoms with van der Waals surface area (Å²) in [5.41, 5.74) is 0. The minimum Gasteiger partial charge on any atom is -0.300 e. The molecule has 0 radical (unpaired) electrons. The Kier molecular flexibility index (Phi) is 5.66. The van der Waals surface area contributed by atoms with E-state index in [0.29, 0.717) is 12.8 Å². The van der Waals surface area contributed by atoms with E-state index in [1.165, 1.54) is 19.1 Å². The summed E-state index contributed by atoms with van der Waals surface area (Å²) in [4.78, 5) is 11.2. The van der Waals surface area contributed by atoms with E-state index < -0.39 is 15.7 Å². The highest BCUT2D eigenvalue weighted by atomic mass is 32.2. The molecule has 1 aromatic carbocycles. The van der Waals surface area contributed by atoms with E-state index in [4.69, 9.17) is 0 Å². The fraction of sp³-hybridized carbons (Fsp3) is 0.500. The molecule has 0 aliphatic heterocycles. The van der Waals surface area contributed by atoms with Crippen molar-refractivity contribution >= 4 is 15.6 Å². The third kappa shape index (κ3) is 5.11. The minimum absolute atomic E-state index is 0.00950. The third-order valence-electron chi connectivity index (χ3n) is 3.12. The third-order valence-corrected chi connectivity index (χ3v) is 4.88. The molecule has 106 valence electrons. The second-order valence-electron chi connectivity index (χ2n) is 4.74. The number of carbonyl (C=O) groups is 1. The van der Waals surface area contributed by atoms with Crippen molar-refractivity contribution < 1.29 is 17.6 Å². The summed E-state index contributed by atoms with van der Waals surface area (Å²) in [5, 5.41) is 0. The van der Waals surface area contributed by atoms with Gasteiger partial charge < -0.3 is 4.79 Å². The van der Waals surface area contributed by atoms with Crippen molar-refractivity contribution in [2.75, 3.05) is 5.75 Å². The molecule has 0 N–H and O–H groups in total. The molecule has 0 spiro atoms. The largest absolute Gasteiger partial charge is 0.300 e. The van der Waals surface area contributed by atoms with Gasteiger partial charge in [0.2, 0.25) is 0 Å². The molecule has 0 fully saturated rings. The van der Waals surface area contributed by atoms with Crippen molar-refractivity contribution in [3.8, 4) is 0 Å². The fourth-order valence-electron chi connectivity index (χ4n) is 1.94. The van der Waals surface area contributed by atoms with Crippen LogP contribution in [0.4, 0.5) is 4.39 Å². The van der Waals surface area contributed by atoms with Gasteiger partial charge in [0.1, 0.15) is 11.6 Å². The van der Waals surface area contributed by atoms with E-state index in [0.717, 1.165) is 18.6 Å². The minimum atomic E-state index is -3.40. The number of ketones is 1. The lowest BCUT2D eigenvalue weighted by Gasteiger charge is -2.13. The number of sulfone groups is 1. The van der Waals surface area contributed by atoms with Crippen molar-refractivity contribution in [3.63, 3.8) is 0 Å². The van der Waals surface area contributed by atoms with Crippen LogP contribution in [-0.2, 0) is 14.6 Å². The quantitative estimate of drug-likeness (QED) is 0.724. The van der Waals surface area contributed by atoms with Gasteiger partial charge in [-0.2, -0.15) is 0 Å². The fourth-order valence-corrected chi connectivity index (χ4v) is 3.37. The van der Waals surface area contributed by atoms with Gasteiger partial charge in [-0.05, 0) is 43.5 Å². The first kappa shape index (κ1) is 15.8. The maximum Gasteiger partial charge on any atom is 0.178 e. The average molecular weight is 286 g/mol. The summed E-state index contributed by atoms with van der Waals surface area (Å²) in [6.07, 6.45) is 1.64. The Hall–Kier alpha value is -1.23. The summed E-state index contributed by atoms with van der Waals surface area (Å²) in [6, 6.07) is 4.83. The standard InChI is InChI=1S/C14H19FO3S/c1-3-12(10-11(2)16)8-9-19(17,18)14-6-4-13(15)5-7-14/h4-7,12H,3,8-10H2,1-2H3. The van der Waals surface area contributed by atoms with E-state index >= 15 is 0 Å². The zero-order valence-electron chi connectivity index (χ0n) is 11.2. The van der Waals surface area contributed by atoms with Gasteiger partial charge in [-0.15, -0.1) is 0 Å². The van der Waals surface area contributed by atoms with Crippen LogP contribution in [0, 0.1) is 11.7 Å². The van der Waals surface area contributed by atoms with Crippen molar-refractivity contribution in [2.24, 2.45) is 5.92 Å². The number of hydrogen-bond donors (Lipinski definition) is 0. The van der Waals surface area contributed by atoms with Crippen LogP contribution in [0.25, 0.3) is 0 Å². The summed E-state index contributed by atoms with van der Waals surface area (Å²) in [5.74, 6) is -0.301. The molecule has 1 rings (SSSR count). The Bertz CT molecular complexity index is 520. The highest BCUT2D eigenvalue weighted by Gasteiger charge is 2.18. The lowest BCUT2D eigenvalue weighted by molar-refractivity contribution is -0.117. The van der Waals surface area contributed by atoms with Gasteiger partial charge in [0.25, 0.3) is 0 Å². The van der Waals surface area contributed by atoms with Crippen LogP contribution in [0.15, 0.2) is 29.2 Å². The zero-order valence-corrected chi connectivity index (χ0v) is 12.0. The van der Waals surface area contributed by atoms with Gasteiger partial charge in [0.15, 0.2) is 9.84 Å². The molecule has 0 aromatic heterocycles. The lowest BCUT2D eigenvalue weighted by atomic mass is 9.97. The topological polar surface area (TPSA) is 51.2 Å². The van der Waals surface area contributed by atoms with Gasteiger partial charge >= 0.3 is 0 Å². The lowest BCUT2D eigenvalue weighted by Crippen LogP contribution is -2.13. The molecule has 5 heteroatoms. The predicted molar refractivity (Wildman–Crippen MR) is 72.1 cm³/mol. The number of halogens is 1. The number of carbonyl (C=O) groups excluding carboxylic acids is 1. The van der Waals surface area contributed by atoms with Crippen LogP contribution in [0.1, 0.15) is 33.1 Å². The van der Waals surface area contributed by atoms with E-state index in [1.54, 1.807) is 0 Å². The normalized spacial score (nSPS) is 13.2. The first-order valence-corrected chi connectivity index (χ1v) is 7.98. The zero-order chi connectivity index (χ0) is 14.5. The maximum absolute atomic E-state index is 12.8. The molecule has 1 atom stereocenters. The molecular formula is C14H19FO3S. The molecule has 0 heterocycles. The molecule has 0 saturated heterocycles. The number of rotatable bonds is 7. The van der Waals surface area contributed by atoms with Crippen LogP contribution in [-0.4, -0.2) is 20.0 Å². The van der Waals surface area contributed by atoms with Gasteiger partial charge in [-0.25, -0.2) is 12.8 Å². The molecule has 1 unspecified atom stereocenters. The SMILES string of the molecule is CCC(CCS(=O)(=O)c1ccc(F)cc1)CC(C)=O. The van der Waals surface area contributed by atoms with Crippen molar-refractivity contribution in [3.05, 3.63) is 30.1 Å². The average Bonchev–Trinajstić information content (AvgIpc) is 2.34. The number of Topliss-reactive ketones (excluding diaryl/α,β-unsaturated/α-hetero) is 1. The van der Waals surface area contributed by atoms with Crippen molar-refractivity contribution in [2.45, 2.75) is 38.0 Å². The van der Waals surface area contributed by atoms with Crippen LogP contribution in [0.5, 0.6) is 0 Å². The summed E-state index contributed by atoms with van der Waals surface area (Å²) in [7, 11) is -3.40. The van der Waals surface area contributed by atoms with E-state index in [-0.39, 0.29) is 22.3 Å². The first-order chi connectivity index (χ1) is 8.85. The van der Waals surface area contributed by atoms with Crippen molar-refractivity contribution in [1.82, 2.24) is 0 Å². The molecule has 0 aliphatic carbocycles.